The monoisotopic (exact) mass is 219 g/mol. The highest BCUT2D eigenvalue weighted by molar-refractivity contribution is 4.95. The van der Waals surface area contributed by atoms with Gasteiger partial charge in [-0.25, -0.2) is 0 Å². The van der Waals surface area contributed by atoms with Crippen LogP contribution in [0.2, 0.25) is 0 Å². The van der Waals surface area contributed by atoms with Gasteiger partial charge in [0.2, 0.25) is 0 Å². The zero-order valence-corrected chi connectivity index (χ0v) is 9.94. The molecule has 3 rings (SSSR count). The SMILES string of the molecule is N#CC1CCN(C2CCN(C3CC3)CC2)C1. The van der Waals surface area contributed by atoms with Crippen LogP contribution >= 0.6 is 0 Å². The van der Waals surface area contributed by atoms with Crippen LogP contribution in [0.5, 0.6) is 0 Å². The molecule has 0 aromatic rings. The molecule has 2 heterocycles. The van der Waals surface area contributed by atoms with E-state index in [1.54, 1.807) is 0 Å². The summed E-state index contributed by atoms with van der Waals surface area (Å²) in [6.07, 6.45) is 6.62. The Morgan fingerprint density at radius 2 is 1.44 bits per heavy atom. The van der Waals surface area contributed by atoms with Crippen LogP contribution in [-0.2, 0) is 0 Å². The van der Waals surface area contributed by atoms with Crippen LogP contribution in [0.1, 0.15) is 32.1 Å². The highest BCUT2D eigenvalue weighted by atomic mass is 15.2. The van der Waals surface area contributed by atoms with Gasteiger partial charge in [-0.05, 0) is 51.7 Å². The minimum Gasteiger partial charge on any atom is -0.300 e. The topological polar surface area (TPSA) is 30.3 Å². The van der Waals surface area contributed by atoms with Crippen molar-refractivity contribution in [3.8, 4) is 6.07 Å². The van der Waals surface area contributed by atoms with Gasteiger partial charge in [0.05, 0.1) is 12.0 Å². The van der Waals surface area contributed by atoms with Crippen molar-refractivity contribution in [2.24, 2.45) is 5.92 Å². The van der Waals surface area contributed by atoms with Gasteiger partial charge in [0.1, 0.15) is 0 Å². The van der Waals surface area contributed by atoms with Crippen molar-refractivity contribution >= 4 is 0 Å². The van der Waals surface area contributed by atoms with Gasteiger partial charge in [-0.1, -0.05) is 0 Å². The lowest BCUT2D eigenvalue weighted by Crippen LogP contribution is -2.44. The van der Waals surface area contributed by atoms with Gasteiger partial charge in [0, 0.05) is 18.6 Å². The average Bonchev–Trinajstić information content (AvgIpc) is 3.07. The quantitative estimate of drug-likeness (QED) is 0.704. The number of hydrogen-bond donors (Lipinski definition) is 0. The van der Waals surface area contributed by atoms with Crippen molar-refractivity contribution in [1.82, 2.24) is 9.80 Å². The van der Waals surface area contributed by atoms with E-state index in [0.717, 1.165) is 31.6 Å². The summed E-state index contributed by atoms with van der Waals surface area (Å²) in [6.45, 7) is 4.78. The molecule has 2 saturated heterocycles. The van der Waals surface area contributed by atoms with Crippen LogP contribution in [0.15, 0.2) is 0 Å². The Labute approximate surface area is 98.0 Å². The number of likely N-dealkylation sites (tertiary alicyclic amines) is 2. The minimum atomic E-state index is 0.307. The van der Waals surface area contributed by atoms with E-state index >= 15 is 0 Å². The first-order valence-corrected chi connectivity index (χ1v) is 6.74. The van der Waals surface area contributed by atoms with Crippen molar-refractivity contribution in [2.45, 2.75) is 44.2 Å². The lowest BCUT2D eigenvalue weighted by Gasteiger charge is -2.36. The Morgan fingerprint density at radius 1 is 0.812 bits per heavy atom. The third-order valence-corrected chi connectivity index (χ3v) is 4.48. The first kappa shape index (κ1) is 10.6. The van der Waals surface area contributed by atoms with Gasteiger partial charge in [-0.2, -0.15) is 5.26 Å². The maximum absolute atomic E-state index is 8.92. The fourth-order valence-electron chi connectivity index (χ4n) is 3.28. The zero-order valence-electron chi connectivity index (χ0n) is 9.94. The smallest absolute Gasteiger partial charge is 0.0669 e. The molecule has 3 nitrogen and oxygen atoms in total. The molecule has 0 aromatic carbocycles. The van der Waals surface area contributed by atoms with E-state index < -0.39 is 0 Å². The van der Waals surface area contributed by atoms with Crippen LogP contribution in [0.4, 0.5) is 0 Å². The van der Waals surface area contributed by atoms with Crippen molar-refractivity contribution in [3.63, 3.8) is 0 Å². The summed E-state index contributed by atoms with van der Waals surface area (Å²) in [6, 6.07) is 4.13. The van der Waals surface area contributed by atoms with E-state index in [1.165, 1.54) is 38.8 Å². The molecular weight excluding hydrogens is 198 g/mol. The molecule has 1 atom stereocenters. The number of piperidine rings is 1. The molecule has 2 aliphatic heterocycles. The molecule has 0 spiro atoms. The molecule has 16 heavy (non-hydrogen) atoms. The molecule has 3 fully saturated rings. The Bertz CT molecular complexity index is 284. The first-order chi connectivity index (χ1) is 7.86. The lowest BCUT2D eigenvalue weighted by atomic mass is 10.0. The second-order valence-corrected chi connectivity index (χ2v) is 5.61. The summed E-state index contributed by atoms with van der Waals surface area (Å²) in [7, 11) is 0. The van der Waals surface area contributed by atoms with Crippen LogP contribution < -0.4 is 0 Å². The van der Waals surface area contributed by atoms with Gasteiger partial charge in [0.15, 0.2) is 0 Å². The van der Waals surface area contributed by atoms with Gasteiger partial charge in [-0.3, -0.25) is 4.90 Å². The predicted molar refractivity (Wildman–Crippen MR) is 62.9 cm³/mol. The van der Waals surface area contributed by atoms with Gasteiger partial charge in [-0.15, -0.1) is 0 Å². The Morgan fingerprint density at radius 3 is 2.00 bits per heavy atom. The Hall–Kier alpha value is -0.590. The molecule has 0 bridgehead atoms. The van der Waals surface area contributed by atoms with Gasteiger partial charge >= 0.3 is 0 Å². The molecule has 1 saturated carbocycles. The number of nitriles is 1. The van der Waals surface area contributed by atoms with E-state index in [-0.39, 0.29) is 0 Å². The van der Waals surface area contributed by atoms with Gasteiger partial charge in [0.25, 0.3) is 0 Å². The molecule has 0 amide bonds. The van der Waals surface area contributed by atoms with Crippen molar-refractivity contribution in [3.05, 3.63) is 0 Å². The highest BCUT2D eigenvalue weighted by Gasteiger charge is 2.35. The second kappa shape index (κ2) is 4.35. The van der Waals surface area contributed by atoms with E-state index in [2.05, 4.69) is 15.9 Å². The van der Waals surface area contributed by atoms with Crippen LogP contribution in [0.25, 0.3) is 0 Å². The fraction of sp³-hybridized carbons (Fsp3) is 0.923. The second-order valence-electron chi connectivity index (χ2n) is 5.61. The maximum atomic E-state index is 8.92. The summed E-state index contributed by atoms with van der Waals surface area (Å²) < 4.78 is 0. The molecule has 88 valence electrons. The Kier molecular flexibility index (Phi) is 2.87. The van der Waals surface area contributed by atoms with Crippen molar-refractivity contribution < 1.29 is 0 Å². The average molecular weight is 219 g/mol. The van der Waals surface area contributed by atoms with Crippen molar-refractivity contribution in [1.29, 1.82) is 5.26 Å². The molecule has 3 aliphatic rings. The number of nitrogens with zero attached hydrogens (tertiary/aromatic N) is 3. The molecule has 1 unspecified atom stereocenters. The third kappa shape index (κ3) is 2.09. The standard InChI is InChI=1S/C13H21N3/c14-9-11-3-6-16(10-11)13-4-7-15(8-5-13)12-1-2-12/h11-13H,1-8,10H2. The molecule has 0 N–H and O–H groups in total. The summed E-state index contributed by atoms with van der Waals surface area (Å²) in [5.41, 5.74) is 0. The van der Waals surface area contributed by atoms with Gasteiger partial charge < -0.3 is 4.90 Å². The summed E-state index contributed by atoms with van der Waals surface area (Å²) >= 11 is 0. The minimum absolute atomic E-state index is 0.307. The van der Waals surface area contributed by atoms with Crippen molar-refractivity contribution in [2.75, 3.05) is 26.2 Å². The van der Waals surface area contributed by atoms with Crippen LogP contribution in [0, 0.1) is 17.2 Å². The molecule has 0 radical (unpaired) electrons. The fourth-order valence-corrected chi connectivity index (χ4v) is 3.28. The van der Waals surface area contributed by atoms with E-state index in [0.29, 0.717) is 5.92 Å². The maximum Gasteiger partial charge on any atom is 0.0669 e. The number of rotatable bonds is 2. The third-order valence-electron chi connectivity index (χ3n) is 4.48. The summed E-state index contributed by atoms with van der Waals surface area (Å²) in [4.78, 5) is 5.24. The normalized spacial score (nSPS) is 34.1. The number of hydrogen-bond acceptors (Lipinski definition) is 3. The summed E-state index contributed by atoms with van der Waals surface area (Å²) in [5.74, 6) is 0.307. The van der Waals surface area contributed by atoms with E-state index in [9.17, 15) is 0 Å². The largest absolute Gasteiger partial charge is 0.300 e. The lowest BCUT2D eigenvalue weighted by molar-refractivity contribution is 0.121. The van der Waals surface area contributed by atoms with Crippen LogP contribution in [0.3, 0.4) is 0 Å². The first-order valence-electron chi connectivity index (χ1n) is 6.74. The summed E-state index contributed by atoms with van der Waals surface area (Å²) in [5, 5.41) is 8.92. The molecule has 3 heteroatoms. The van der Waals surface area contributed by atoms with E-state index in [1.807, 2.05) is 0 Å². The van der Waals surface area contributed by atoms with Crippen LogP contribution in [-0.4, -0.2) is 48.1 Å². The highest BCUT2D eigenvalue weighted by Crippen LogP contribution is 2.31. The predicted octanol–water partition coefficient (Wildman–Crippen LogP) is 1.46. The van der Waals surface area contributed by atoms with E-state index in [4.69, 9.17) is 5.26 Å². The Balaban J connectivity index is 1.48. The molecule has 1 aliphatic carbocycles. The zero-order chi connectivity index (χ0) is 11.0. The molecule has 0 aromatic heterocycles. The molecular formula is C13H21N3.